The number of rotatable bonds is 5. The third-order valence-electron chi connectivity index (χ3n) is 4.19. The van der Waals surface area contributed by atoms with E-state index in [1.807, 2.05) is 13.8 Å². The lowest BCUT2D eigenvalue weighted by atomic mass is 10.2. The van der Waals surface area contributed by atoms with Crippen LogP contribution in [0.25, 0.3) is 0 Å². The van der Waals surface area contributed by atoms with Crippen LogP contribution in [0.1, 0.15) is 50.5 Å². The number of carboxylic acid groups (broad SMARTS) is 1. The third-order valence-corrected chi connectivity index (χ3v) is 6.22. The highest BCUT2D eigenvalue weighted by molar-refractivity contribution is 7.89. The summed E-state index contributed by atoms with van der Waals surface area (Å²) in [4.78, 5) is 11.3. The maximum absolute atomic E-state index is 12.8. The average Bonchev–Trinajstić information content (AvgIpc) is 3.02. The van der Waals surface area contributed by atoms with Gasteiger partial charge in [0.25, 0.3) is 0 Å². The number of aryl methyl sites for hydroxylation is 1. The molecule has 2 heterocycles. The van der Waals surface area contributed by atoms with Crippen LogP contribution in [-0.4, -0.2) is 40.4 Å². The molecule has 1 N–H and O–H groups in total. The van der Waals surface area contributed by atoms with E-state index in [0.29, 0.717) is 6.54 Å². The van der Waals surface area contributed by atoms with Gasteiger partial charge in [-0.1, -0.05) is 6.92 Å². The topological polar surface area (TPSA) is 79.6 Å². The molecule has 1 aliphatic rings. The minimum atomic E-state index is -3.65. The van der Waals surface area contributed by atoms with Crippen molar-refractivity contribution in [2.24, 2.45) is 0 Å². The van der Waals surface area contributed by atoms with E-state index >= 15 is 0 Å². The molecule has 0 amide bonds. The van der Waals surface area contributed by atoms with Gasteiger partial charge < -0.3 is 9.67 Å². The molecule has 2 atom stereocenters. The summed E-state index contributed by atoms with van der Waals surface area (Å²) in [6.45, 7) is 6.09. The van der Waals surface area contributed by atoms with Crippen LogP contribution in [0.15, 0.2) is 17.2 Å². The van der Waals surface area contributed by atoms with Crippen LogP contribution >= 0.6 is 0 Å². The predicted molar refractivity (Wildman–Crippen MR) is 78.9 cm³/mol. The number of hydrogen-bond donors (Lipinski definition) is 1. The fourth-order valence-corrected chi connectivity index (χ4v) is 5.04. The highest BCUT2D eigenvalue weighted by Crippen LogP contribution is 2.33. The number of carboxylic acids is 1. The fraction of sp³-hybridized carbons (Fsp3) is 0.643. The van der Waals surface area contributed by atoms with Crippen LogP contribution < -0.4 is 0 Å². The van der Waals surface area contributed by atoms with Crippen molar-refractivity contribution in [3.8, 4) is 0 Å². The summed E-state index contributed by atoms with van der Waals surface area (Å²) in [5.41, 5.74) is 0.0102. The van der Waals surface area contributed by atoms with Gasteiger partial charge in [0.15, 0.2) is 0 Å². The van der Waals surface area contributed by atoms with Gasteiger partial charge in [0.05, 0.1) is 0 Å². The standard InChI is InChI=1S/C14H22N2O4S/c1-4-11-7-6-10(3)16(11)21(19,20)12-8-13(14(17)18)15(5-2)9-12/h8-11H,4-7H2,1-3H3,(H,17,18). The minimum Gasteiger partial charge on any atom is -0.477 e. The molecule has 0 spiro atoms. The molecule has 0 radical (unpaired) electrons. The zero-order chi connectivity index (χ0) is 15.8. The van der Waals surface area contributed by atoms with Crippen molar-refractivity contribution < 1.29 is 18.3 Å². The second-order valence-electron chi connectivity index (χ2n) is 5.48. The predicted octanol–water partition coefficient (Wildman–Crippen LogP) is 2.16. The summed E-state index contributed by atoms with van der Waals surface area (Å²) >= 11 is 0. The molecule has 0 bridgehead atoms. The molecule has 1 aromatic rings. The number of aromatic carboxylic acids is 1. The van der Waals surface area contributed by atoms with E-state index in [0.717, 1.165) is 19.3 Å². The Labute approximate surface area is 125 Å². The maximum Gasteiger partial charge on any atom is 0.352 e. The summed E-state index contributed by atoms with van der Waals surface area (Å²) < 4.78 is 28.7. The first-order chi connectivity index (χ1) is 9.82. The van der Waals surface area contributed by atoms with Crippen LogP contribution in [-0.2, 0) is 16.6 Å². The second kappa shape index (κ2) is 5.81. The van der Waals surface area contributed by atoms with Crippen molar-refractivity contribution in [2.75, 3.05) is 0 Å². The van der Waals surface area contributed by atoms with Gasteiger partial charge in [-0.15, -0.1) is 0 Å². The van der Waals surface area contributed by atoms with E-state index in [4.69, 9.17) is 5.11 Å². The minimum absolute atomic E-state index is 0.00301. The zero-order valence-electron chi connectivity index (χ0n) is 12.6. The summed E-state index contributed by atoms with van der Waals surface area (Å²) in [6, 6.07) is 1.22. The molecule has 2 unspecified atom stereocenters. The molecule has 118 valence electrons. The average molecular weight is 314 g/mol. The quantitative estimate of drug-likeness (QED) is 0.903. The lowest BCUT2D eigenvalue weighted by molar-refractivity contribution is 0.0685. The van der Waals surface area contributed by atoms with Crippen molar-refractivity contribution in [3.63, 3.8) is 0 Å². The van der Waals surface area contributed by atoms with Crippen LogP contribution in [0.3, 0.4) is 0 Å². The maximum atomic E-state index is 12.8. The van der Waals surface area contributed by atoms with E-state index < -0.39 is 16.0 Å². The molecule has 7 heteroatoms. The molecule has 1 aliphatic heterocycles. The van der Waals surface area contributed by atoms with Gasteiger partial charge >= 0.3 is 5.97 Å². The second-order valence-corrected chi connectivity index (χ2v) is 7.32. The monoisotopic (exact) mass is 314 g/mol. The van der Waals surface area contributed by atoms with Gasteiger partial charge in [0.1, 0.15) is 10.6 Å². The summed E-state index contributed by atoms with van der Waals surface area (Å²) in [7, 11) is -3.65. The lowest BCUT2D eigenvalue weighted by Gasteiger charge is -2.26. The first kappa shape index (κ1) is 16.0. The Kier molecular flexibility index (Phi) is 4.43. The SMILES string of the molecule is CCC1CCC(C)N1S(=O)(=O)c1cc(C(=O)O)n(CC)c1. The van der Waals surface area contributed by atoms with E-state index in [1.54, 1.807) is 11.2 Å². The van der Waals surface area contributed by atoms with Gasteiger partial charge in [-0.05, 0) is 39.2 Å². The molecule has 0 aliphatic carbocycles. The molecule has 6 nitrogen and oxygen atoms in total. The van der Waals surface area contributed by atoms with Crippen molar-refractivity contribution in [1.82, 2.24) is 8.87 Å². The van der Waals surface area contributed by atoms with Gasteiger partial charge in [0, 0.05) is 24.8 Å². The summed E-state index contributed by atoms with van der Waals surface area (Å²) in [6.07, 6.45) is 3.90. The Hall–Kier alpha value is -1.34. The van der Waals surface area contributed by atoms with Gasteiger partial charge in [-0.25, -0.2) is 13.2 Å². The number of hydrogen-bond acceptors (Lipinski definition) is 3. The molecule has 1 aromatic heterocycles. The molecule has 0 aromatic carbocycles. The van der Waals surface area contributed by atoms with Crippen molar-refractivity contribution in [2.45, 2.75) is 63.6 Å². The van der Waals surface area contributed by atoms with E-state index in [2.05, 4.69) is 0 Å². The molecular weight excluding hydrogens is 292 g/mol. The third kappa shape index (κ3) is 2.72. The normalized spacial score (nSPS) is 23.6. The van der Waals surface area contributed by atoms with Crippen molar-refractivity contribution >= 4 is 16.0 Å². The molecule has 1 fully saturated rings. The zero-order valence-corrected chi connectivity index (χ0v) is 13.4. The molecule has 0 saturated carbocycles. The van der Waals surface area contributed by atoms with Gasteiger partial charge in [-0.3, -0.25) is 0 Å². The van der Waals surface area contributed by atoms with Gasteiger partial charge in [-0.2, -0.15) is 4.31 Å². The van der Waals surface area contributed by atoms with Crippen LogP contribution in [0.2, 0.25) is 0 Å². The summed E-state index contributed by atoms with van der Waals surface area (Å²) in [5.74, 6) is -1.11. The van der Waals surface area contributed by atoms with Crippen LogP contribution in [0, 0.1) is 0 Å². The van der Waals surface area contributed by atoms with Crippen molar-refractivity contribution in [1.29, 1.82) is 0 Å². The van der Waals surface area contributed by atoms with Crippen LogP contribution in [0.5, 0.6) is 0 Å². The lowest BCUT2D eigenvalue weighted by Crippen LogP contribution is -2.39. The molecule has 21 heavy (non-hydrogen) atoms. The Morgan fingerprint density at radius 3 is 2.52 bits per heavy atom. The summed E-state index contributed by atoms with van der Waals surface area (Å²) in [5, 5.41) is 9.16. The largest absolute Gasteiger partial charge is 0.477 e. The first-order valence-corrected chi connectivity index (χ1v) is 8.73. The highest BCUT2D eigenvalue weighted by atomic mass is 32.2. The Morgan fingerprint density at radius 2 is 2.05 bits per heavy atom. The fourth-order valence-electron chi connectivity index (χ4n) is 3.05. The number of carbonyl (C=O) groups is 1. The van der Waals surface area contributed by atoms with E-state index in [9.17, 15) is 13.2 Å². The first-order valence-electron chi connectivity index (χ1n) is 7.29. The smallest absolute Gasteiger partial charge is 0.352 e. The Morgan fingerprint density at radius 1 is 1.38 bits per heavy atom. The highest BCUT2D eigenvalue weighted by Gasteiger charge is 2.39. The number of aromatic nitrogens is 1. The Balaban J connectivity index is 2.46. The number of sulfonamides is 1. The Bertz CT molecular complexity index is 635. The van der Waals surface area contributed by atoms with Crippen LogP contribution in [0.4, 0.5) is 0 Å². The molecule has 2 rings (SSSR count). The number of nitrogens with zero attached hydrogens (tertiary/aromatic N) is 2. The van der Waals surface area contributed by atoms with Gasteiger partial charge in [0.2, 0.25) is 10.0 Å². The van der Waals surface area contributed by atoms with Crippen molar-refractivity contribution in [3.05, 3.63) is 18.0 Å². The van der Waals surface area contributed by atoms with E-state index in [-0.39, 0.29) is 22.7 Å². The molecular formula is C14H22N2O4S. The molecule has 1 saturated heterocycles. The van der Waals surface area contributed by atoms with E-state index in [1.165, 1.54) is 16.8 Å².